The molecule has 0 saturated carbocycles. The molecule has 106 valence electrons. The van der Waals surface area contributed by atoms with Crippen molar-refractivity contribution in [3.8, 4) is 6.07 Å². The number of carbonyl (C=O) groups is 1. The first-order chi connectivity index (χ1) is 9.55. The number of amides is 1. The second-order valence-electron chi connectivity index (χ2n) is 4.55. The minimum atomic E-state index is -3.43. The third-order valence-electron chi connectivity index (χ3n) is 3.26. The predicted molar refractivity (Wildman–Crippen MR) is 72.4 cm³/mol. The molecule has 6 nitrogen and oxygen atoms in total. The molecule has 1 amide bonds. The maximum Gasteiger partial charge on any atom is 0.238 e. The van der Waals surface area contributed by atoms with E-state index in [4.69, 9.17) is 5.26 Å². The fraction of sp³-hybridized carbons (Fsp3) is 0.385. The fourth-order valence-corrected chi connectivity index (χ4v) is 3.87. The maximum atomic E-state index is 12.4. The van der Waals surface area contributed by atoms with Crippen LogP contribution in [0.15, 0.2) is 35.2 Å². The van der Waals surface area contributed by atoms with Crippen molar-refractivity contribution in [2.24, 2.45) is 0 Å². The van der Waals surface area contributed by atoms with Crippen molar-refractivity contribution in [3.05, 3.63) is 30.3 Å². The zero-order valence-corrected chi connectivity index (χ0v) is 11.6. The van der Waals surface area contributed by atoms with Crippen molar-refractivity contribution >= 4 is 15.7 Å². The van der Waals surface area contributed by atoms with Crippen LogP contribution in [0, 0.1) is 11.3 Å². The lowest BCUT2D eigenvalue weighted by Crippen LogP contribution is -2.40. The molecule has 2 atom stereocenters. The van der Waals surface area contributed by atoms with Crippen molar-refractivity contribution in [1.29, 1.82) is 5.26 Å². The van der Waals surface area contributed by atoms with Gasteiger partial charge in [-0.15, -0.1) is 0 Å². The first-order valence-electron chi connectivity index (χ1n) is 6.22. The average molecular weight is 293 g/mol. The van der Waals surface area contributed by atoms with Gasteiger partial charge in [-0.1, -0.05) is 18.2 Å². The lowest BCUT2D eigenvalue weighted by molar-refractivity contribution is -0.122. The molecule has 1 saturated heterocycles. The van der Waals surface area contributed by atoms with Crippen LogP contribution in [0.1, 0.15) is 6.42 Å². The van der Waals surface area contributed by atoms with Crippen molar-refractivity contribution in [2.45, 2.75) is 22.6 Å². The topological polar surface area (TPSA) is 99.1 Å². The Bertz CT molecular complexity index is 622. The molecular formula is C13H15N3O3S. The standard InChI is InChI=1S/C13H15N3O3S/c14-6-7-15-13(17)12-8-11(9-16-12)20(18,19)10-4-2-1-3-5-10/h1-5,11-12,16H,7-9H2,(H,15,17)/t11-,12+/m1/s1. The Morgan fingerprint density at radius 3 is 2.75 bits per heavy atom. The lowest BCUT2D eigenvalue weighted by Gasteiger charge is -2.11. The highest BCUT2D eigenvalue weighted by atomic mass is 32.2. The normalized spacial score (nSPS) is 22.1. The highest BCUT2D eigenvalue weighted by Crippen LogP contribution is 2.22. The molecule has 1 aliphatic rings. The van der Waals surface area contributed by atoms with Gasteiger partial charge < -0.3 is 10.6 Å². The Morgan fingerprint density at radius 2 is 2.10 bits per heavy atom. The number of sulfone groups is 1. The SMILES string of the molecule is N#CCNC(=O)[C@@H]1C[C@@H](S(=O)(=O)c2ccccc2)CN1. The molecule has 7 heteroatoms. The Labute approximate surface area is 117 Å². The summed E-state index contributed by atoms with van der Waals surface area (Å²) in [5.41, 5.74) is 0. The summed E-state index contributed by atoms with van der Waals surface area (Å²) in [5.74, 6) is -0.336. The molecule has 0 unspecified atom stereocenters. The predicted octanol–water partition coefficient (Wildman–Crippen LogP) is -0.169. The second kappa shape index (κ2) is 6.03. The number of carbonyl (C=O) groups excluding carboxylic acids is 1. The summed E-state index contributed by atoms with van der Waals surface area (Å²) in [6, 6.07) is 9.46. The van der Waals surface area contributed by atoms with E-state index in [0.29, 0.717) is 0 Å². The third kappa shape index (κ3) is 2.98. The minimum absolute atomic E-state index is 0.0763. The van der Waals surface area contributed by atoms with E-state index in [0.717, 1.165) is 0 Å². The molecule has 0 aromatic heterocycles. The molecule has 1 fully saturated rings. The maximum absolute atomic E-state index is 12.4. The van der Waals surface area contributed by atoms with Crippen LogP contribution in [0.5, 0.6) is 0 Å². The van der Waals surface area contributed by atoms with E-state index >= 15 is 0 Å². The van der Waals surface area contributed by atoms with Crippen LogP contribution < -0.4 is 10.6 Å². The van der Waals surface area contributed by atoms with E-state index in [9.17, 15) is 13.2 Å². The molecule has 2 N–H and O–H groups in total. The summed E-state index contributed by atoms with van der Waals surface area (Å²) in [6.07, 6.45) is 0.217. The second-order valence-corrected chi connectivity index (χ2v) is 6.78. The number of nitrogens with one attached hydrogen (secondary N) is 2. The number of rotatable bonds is 4. The van der Waals surface area contributed by atoms with E-state index in [1.54, 1.807) is 30.3 Å². The molecule has 1 aromatic rings. The van der Waals surface area contributed by atoms with Gasteiger partial charge in [0.05, 0.1) is 22.3 Å². The molecule has 1 aliphatic heterocycles. The summed E-state index contributed by atoms with van der Waals surface area (Å²) < 4.78 is 24.8. The van der Waals surface area contributed by atoms with Crippen molar-refractivity contribution in [3.63, 3.8) is 0 Å². The number of hydrogen-bond donors (Lipinski definition) is 2. The van der Waals surface area contributed by atoms with E-state index in [-0.39, 0.29) is 30.3 Å². The lowest BCUT2D eigenvalue weighted by atomic mass is 10.2. The van der Waals surface area contributed by atoms with Crippen molar-refractivity contribution < 1.29 is 13.2 Å². The highest BCUT2D eigenvalue weighted by Gasteiger charge is 2.37. The van der Waals surface area contributed by atoms with Crippen molar-refractivity contribution in [1.82, 2.24) is 10.6 Å². The summed E-state index contributed by atoms with van der Waals surface area (Å²) in [5, 5.41) is 13.1. The molecule has 0 radical (unpaired) electrons. The van der Waals surface area contributed by atoms with E-state index in [2.05, 4.69) is 10.6 Å². The van der Waals surface area contributed by atoms with Crippen LogP contribution in [0.2, 0.25) is 0 Å². The fourth-order valence-electron chi connectivity index (χ4n) is 2.19. The zero-order chi connectivity index (χ0) is 14.6. The summed E-state index contributed by atoms with van der Waals surface area (Å²) in [4.78, 5) is 12.0. The third-order valence-corrected chi connectivity index (χ3v) is 5.43. The summed E-state index contributed by atoms with van der Waals surface area (Å²) in [6.45, 7) is 0.162. The van der Waals surface area contributed by atoms with Gasteiger partial charge in [0, 0.05) is 6.54 Å². The Hall–Kier alpha value is -1.91. The summed E-state index contributed by atoms with van der Waals surface area (Å²) >= 11 is 0. The van der Waals surface area contributed by atoms with Gasteiger partial charge in [0.2, 0.25) is 5.91 Å². The smallest absolute Gasteiger partial charge is 0.238 e. The molecule has 0 bridgehead atoms. The number of benzene rings is 1. The van der Waals surface area contributed by atoms with Crippen LogP contribution in [-0.4, -0.2) is 38.7 Å². The van der Waals surface area contributed by atoms with Crippen LogP contribution in [0.4, 0.5) is 0 Å². The Balaban J connectivity index is 2.06. The van der Waals surface area contributed by atoms with Gasteiger partial charge in [-0.2, -0.15) is 5.26 Å². The number of nitriles is 1. The average Bonchev–Trinajstić information content (AvgIpc) is 2.96. The van der Waals surface area contributed by atoms with Gasteiger partial charge in [-0.25, -0.2) is 8.42 Å². The van der Waals surface area contributed by atoms with Gasteiger partial charge in [-0.3, -0.25) is 4.79 Å². The van der Waals surface area contributed by atoms with Crippen LogP contribution in [0.25, 0.3) is 0 Å². The monoisotopic (exact) mass is 293 g/mol. The van der Waals surface area contributed by atoms with E-state index < -0.39 is 21.1 Å². The van der Waals surface area contributed by atoms with Gasteiger partial charge in [-0.05, 0) is 18.6 Å². The number of nitrogens with zero attached hydrogens (tertiary/aromatic N) is 1. The van der Waals surface area contributed by atoms with Gasteiger partial charge in [0.1, 0.15) is 6.54 Å². The van der Waals surface area contributed by atoms with Crippen LogP contribution in [-0.2, 0) is 14.6 Å². The molecule has 1 heterocycles. The molecule has 0 spiro atoms. The van der Waals surface area contributed by atoms with Gasteiger partial charge >= 0.3 is 0 Å². The zero-order valence-electron chi connectivity index (χ0n) is 10.7. The van der Waals surface area contributed by atoms with Gasteiger partial charge in [0.25, 0.3) is 0 Å². The summed E-state index contributed by atoms with van der Waals surface area (Å²) in [7, 11) is -3.43. The Morgan fingerprint density at radius 1 is 1.40 bits per heavy atom. The molecule has 1 aromatic carbocycles. The van der Waals surface area contributed by atoms with Crippen LogP contribution in [0.3, 0.4) is 0 Å². The molecule has 2 rings (SSSR count). The molecule has 0 aliphatic carbocycles. The quantitative estimate of drug-likeness (QED) is 0.751. The first kappa shape index (κ1) is 14.5. The largest absolute Gasteiger partial charge is 0.342 e. The van der Waals surface area contributed by atoms with Gasteiger partial charge in [0.15, 0.2) is 9.84 Å². The van der Waals surface area contributed by atoms with Crippen molar-refractivity contribution in [2.75, 3.05) is 13.1 Å². The molecular weight excluding hydrogens is 278 g/mol. The van der Waals surface area contributed by atoms with Crippen LogP contribution >= 0.6 is 0 Å². The highest BCUT2D eigenvalue weighted by molar-refractivity contribution is 7.92. The number of hydrogen-bond acceptors (Lipinski definition) is 5. The first-order valence-corrected chi connectivity index (χ1v) is 7.77. The Kier molecular flexibility index (Phi) is 4.37. The van der Waals surface area contributed by atoms with E-state index in [1.807, 2.05) is 6.07 Å². The van der Waals surface area contributed by atoms with E-state index in [1.165, 1.54) is 0 Å². The molecule has 20 heavy (non-hydrogen) atoms. The minimum Gasteiger partial charge on any atom is -0.342 e.